The van der Waals surface area contributed by atoms with Crippen LogP contribution in [0, 0.1) is 5.92 Å². The van der Waals surface area contributed by atoms with E-state index >= 15 is 0 Å². The van der Waals surface area contributed by atoms with Gasteiger partial charge in [-0.2, -0.15) is 0 Å². The molecule has 3 N–H and O–H groups in total. The molecule has 6 nitrogen and oxygen atoms in total. The fourth-order valence-corrected chi connectivity index (χ4v) is 2.67. The summed E-state index contributed by atoms with van der Waals surface area (Å²) in [6.45, 7) is 3.99. The second-order valence-corrected chi connectivity index (χ2v) is 7.69. The minimum atomic E-state index is -3.46. The van der Waals surface area contributed by atoms with Crippen molar-refractivity contribution in [1.82, 2.24) is 4.31 Å². The summed E-state index contributed by atoms with van der Waals surface area (Å²) < 4.78 is 25.0. The van der Waals surface area contributed by atoms with Gasteiger partial charge in [-0.3, -0.25) is 4.79 Å². The monoisotopic (exact) mass is 313 g/mol. The van der Waals surface area contributed by atoms with Crippen LogP contribution in [0.1, 0.15) is 20.3 Å². The number of nitrogens with one attached hydrogen (secondary N) is 1. The fourth-order valence-electron chi connectivity index (χ4n) is 1.77. The summed E-state index contributed by atoms with van der Waals surface area (Å²) >= 11 is 0. The zero-order chi connectivity index (χ0) is 16.2. The maximum absolute atomic E-state index is 11.9. The Morgan fingerprint density at radius 1 is 1.24 bits per heavy atom. The Morgan fingerprint density at radius 3 is 2.19 bits per heavy atom. The largest absolute Gasteiger partial charge is 0.325 e. The van der Waals surface area contributed by atoms with E-state index in [-0.39, 0.29) is 10.8 Å². The Kier molecular flexibility index (Phi) is 5.88. The van der Waals surface area contributed by atoms with Crippen molar-refractivity contribution in [3.8, 4) is 0 Å². The van der Waals surface area contributed by atoms with Crippen LogP contribution in [0.25, 0.3) is 0 Å². The molecule has 1 amide bonds. The normalized spacial score (nSPS) is 13.5. The molecule has 0 bridgehead atoms. The van der Waals surface area contributed by atoms with Crippen molar-refractivity contribution in [2.75, 3.05) is 19.4 Å². The van der Waals surface area contributed by atoms with E-state index in [0.29, 0.717) is 18.0 Å². The number of nitrogens with two attached hydrogens (primary N) is 1. The van der Waals surface area contributed by atoms with Crippen LogP contribution < -0.4 is 11.1 Å². The first-order valence-corrected chi connectivity index (χ1v) is 8.17. The molecule has 0 heterocycles. The fraction of sp³-hybridized carbons (Fsp3) is 0.500. The summed E-state index contributed by atoms with van der Waals surface area (Å²) in [5, 5.41) is 2.68. The number of benzene rings is 1. The van der Waals surface area contributed by atoms with Crippen molar-refractivity contribution >= 4 is 21.6 Å². The maximum atomic E-state index is 11.9. The van der Waals surface area contributed by atoms with Gasteiger partial charge in [-0.15, -0.1) is 0 Å². The van der Waals surface area contributed by atoms with Gasteiger partial charge in [0.05, 0.1) is 10.9 Å². The minimum absolute atomic E-state index is 0.178. The molecule has 0 aliphatic carbocycles. The van der Waals surface area contributed by atoms with Gasteiger partial charge in [0.25, 0.3) is 0 Å². The molecule has 0 fully saturated rings. The highest BCUT2D eigenvalue weighted by molar-refractivity contribution is 7.89. The van der Waals surface area contributed by atoms with Gasteiger partial charge in [-0.05, 0) is 36.6 Å². The Bertz CT molecular complexity index is 580. The van der Waals surface area contributed by atoms with Crippen molar-refractivity contribution in [2.45, 2.75) is 31.2 Å². The molecule has 7 heteroatoms. The van der Waals surface area contributed by atoms with Crippen LogP contribution in [-0.4, -0.2) is 38.8 Å². The van der Waals surface area contributed by atoms with Crippen molar-refractivity contribution in [3.05, 3.63) is 24.3 Å². The number of anilines is 1. The predicted octanol–water partition coefficient (Wildman–Crippen LogP) is 1.25. The molecule has 0 unspecified atom stereocenters. The van der Waals surface area contributed by atoms with Crippen LogP contribution in [-0.2, 0) is 14.8 Å². The van der Waals surface area contributed by atoms with Gasteiger partial charge in [0.15, 0.2) is 0 Å². The number of sulfonamides is 1. The third kappa shape index (κ3) is 4.80. The Labute approximate surface area is 126 Å². The molecule has 0 radical (unpaired) electrons. The number of rotatable bonds is 6. The highest BCUT2D eigenvalue weighted by atomic mass is 32.2. The molecule has 118 valence electrons. The second kappa shape index (κ2) is 7.02. The summed E-state index contributed by atoms with van der Waals surface area (Å²) in [7, 11) is -0.522. The average molecular weight is 313 g/mol. The first kappa shape index (κ1) is 17.6. The van der Waals surface area contributed by atoms with Crippen LogP contribution in [0.2, 0.25) is 0 Å². The van der Waals surface area contributed by atoms with Gasteiger partial charge in [-0.1, -0.05) is 13.8 Å². The zero-order valence-electron chi connectivity index (χ0n) is 12.8. The van der Waals surface area contributed by atoms with Gasteiger partial charge >= 0.3 is 0 Å². The van der Waals surface area contributed by atoms with E-state index in [1.54, 1.807) is 12.1 Å². The van der Waals surface area contributed by atoms with Crippen LogP contribution in [0.3, 0.4) is 0 Å². The molecule has 1 aromatic rings. The molecule has 0 aliphatic heterocycles. The Morgan fingerprint density at radius 2 is 1.76 bits per heavy atom. The summed E-state index contributed by atoms with van der Waals surface area (Å²) in [5.74, 6) is 0.0604. The lowest BCUT2D eigenvalue weighted by atomic mass is 10.0. The molecular weight excluding hydrogens is 290 g/mol. The molecule has 0 aromatic heterocycles. The number of hydrogen-bond donors (Lipinski definition) is 2. The smallest absolute Gasteiger partial charge is 0.242 e. The highest BCUT2D eigenvalue weighted by Gasteiger charge is 2.18. The summed E-state index contributed by atoms with van der Waals surface area (Å²) in [6, 6.07) is 5.44. The van der Waals surface area contributed by atoms with Gasteiger partial charge in [-0.25, -0.2) is 12.7 Å². The third-order valence-electron chi connectivity index (χ3n) is 2.96. The molecule has 1 rings (SSSR count). The SMILES string of the molecule is CC(C)C[C@H](N)C(=O)Nc1ccc(S(=O)(=O)N(C)C)cc1. The van der Waals surface area contributed by atoms with E-state index in [1.165, 1.54) is 26.2 Å². The Balaban J connectivity index is 2.78. The van der Waals surface area contributed by atoms with Crippen molar-refractivity contribution in [1.29, 1.82) is 0 Å². The van der Waals surface area contributed by atoms with E-state index in [9.17, 15) is 13.2 Å². The van der Waals surface area contributed by atoms with Gasteiger partial charge in [0, 0.05) is 19.8 Å². The van der Waals surface area contributed by atoms with E-state index < -0.39 is 16.1 Å². The lowest BCUT2D eigenvalue weighted by Crippen LogP contribution is -2.36. The number of amides is 1. The minimum Gasteiger partial charge on any atom is -0.325 e. The summed E-state index contributed by atoms with van der Waals surface area (Å²) in [6.07, 6.45) is 0.596. The topological polar surface area (TPSA) is 92.5 Å². The number of hydrogen-bond acceptors (Lipinski definition) is 4. The molecule has 21 heavy (non-hydrogen) atoms. The predicted molar refractivity (Wildman–Crippen MR) is 83.4 cm³/mol. The standard InChI is InChI=1S/C14H23N3O3S/c1-10(2)9-13(15)14(18)16-11-5-7-12(8-6-11)21(19,20)17(3)4/h5-8,10,13H,9,15H2,1-4H3,(H,16,18)/t13-/m0/s1. The average Bonchev–Trinajstić information content (AvgIpc) is 2.38. The van der Waals surface area contributed by atoms with E-state index in [0.717, 1.165) is 4.31 Å². The van der Waals surface area contributed by atoms with Crippen molar-refractivity contribution in [3.63, 3.8) is 0 Å². The molecule has 1 atom stereocenters. The zero-order valence-corrected chi connectivity index (χ0v) is 13.6. The summed E-state index contributed by atoms with van der Waals surface area (Å²) in [4.78, 5) is 12.1. The Hall–Kier alpha value is -1.44. The third-order valence-corrected chi connectivity index (χ3v) is 4.79. The first-order valence-electron chi connectivity index (χ1n) is 6.73. The van der Waals surface area contributed by atoms with Crippen LogP contribution in [0.5, 0.6) is 0 Å². The van der Waals surface area contributed by atoms with E-state index in [4.69, 9.17) is 5.73 Å². The van der Waals surface area contributed by atoms with Crippen molar-refractivity contribution in [2.24, 2.45) is 11.7 Å². The molecular formula is C14H23N3O3S. The van der Waals surface area contributed by atoms with Crippen LogP contribution >= 0.6 is 0 Å². The first-order chi connectivity index (χ1) is 9.64. The quantitative estimate of drug-likeness (QED) is 0.826. The van der Waals surface area contributed by atoms with Crippen LogP contribution in [0.4, 0.5) is 5.69 Å². The molecule has 0 aliphatic rings. The van der Waals surface area contributed by atoms with Gasteiger partial charge in [0.2, 0.25) is 15.9 Å². The van der Waals surface area contributed by atoms with E-state index in [2.05, 4.69) is 5.32 Å². The van der Waals surface area contributed by atoms with Crippen molar-refractivity contribution < 1.29 is 13.2 Å². The molecule has 0 saturated heterocycles. The molecule has 1 aromatic carbocycles. The number of carbonyl (C=O) groups is 1. The van der Waals surface area contributed by atoms with Gasteiger partial charge < -0.3 is 11.1 Å². The number of nitrogens with zero attached hydrogens (tertiary/aromatic N) is 1. The maximum Gasteiger partial charge on any atom is 0.242 e. The van der Waals surface area contributed by atoms with Gasteiger partial charge in [0.1, 0.15) is 0 Å². The molecule has 0 spiro atoms. The molecule has 0 saturated carbocycles. The summed E-state index contributed by atoms with van der Waals surface area (Å²) in [5.41, 5.74) is 6.32. The van der Waals surface area contributed by atoms with Crippen LogP contribution in [0.15, 0.2) is 29.2 Å². The second-order valence-electron chi connectivity index (χ2n) is 5.54. The lowest BCUT2D eigenvalue weighted by Gasteiger charge is -2.15. The highest BCUT2D eigenvalue weighted by Crippen LogP contribution is 2.17. The lowest BCUT2D eigenvalue weighted by molar-refractivity contribution is -0.117. The number of carbonyl (C=O) groups excluding carboxylic acids is 1. The van der Waals surface area contributed by atoms with E-state index in [1.807, 2.05) is 13.8 Å².